The summed E-state index contributed by atoms with van der Waals surface area (Å²) in [6, 6.07) is 5.91. The van der Waals surface area contributed by atoms with Gasteiger partial charge in [0, 0.05) is 31.0 Å². The molecule has 0 aliphatic carbocycles. The van der Waals surface area contributed by atoms with Gasteiger partial charge in [-0.05, 0) is 50.4 Å². The monoisotopic (exact) mass is 288 g/mol. The van der Waals surface area contributed by atoms with Gasteiger partial charge >= 0.3 is 0 Å². The molecule has 2 rings (SSSR count). The standard InChI is InChI=1S/C17H24N2O2/c1-12-5-6-14(10-13(12)2)16(20)7-8-17(21)19-15-4-3-9-18-11-15/h5-6,10,15,18H,3-4,7-9,11H2,1-2H3,(H,19,21)/t15-/m0/s1. The van der Waals surface area contributed by atoms with Crippen LogP contribution < -0.4 is 10.6 Å². The summed E-state index contributed by atoms with van der Waals surface area (Å²) in [5, 5.41) is 6.25. The third-order valence-electron chi connectivity index (χ3n) is 4.07. The first kappa shape index (κ1) is 15.7. The van der Waals surface area contributed by atoms with Gasteiger partial charge in [-0.15, -0.1) is 0 Å². The first-order valence-corrected chi connectivity index (χ1v) is 7.67. The van der Waals surface area contributed by atoms with Gasteiger partial charge in [-0.1, -0.05) is 12.1 Å². The van der Waals surface area contributed by atoms with Crippen molar-refractivity contribution in [2.45, 2.75) is 45.6 Å². The Kier molecular flexibility index (Phi) is 5.51. The molecule has 1 aliphatic rings. The predicted molar refractivity (Wildman–Crippen MR) is 83.5 cm³/mol. The third-order valence-corrected chi connectivity index (χ3v) is 4.07. The number of hydrogen-bond donors (Lipinski definition) is 2. The zero-order chi connectivity index (χ0) is 15.2. The number of ketones is 1. The number of rotatable bonds is 5. The third kappa shape index (κ3) is 4.67. The van der Waals surface area contributed by atoms with Crippen molar-refractivity contribution in [3.8, 4) is 0 Å². The summed E-state index contributed by atoms with van der Waals surface area (Å²) in [6.45, 7) is 5.87. The smallest absolute Gasteiger partial charge is 0.220 e. The maximum Gasteiger partial charge on any atom is 0.220 e. The van der Waals surface area contributed by atoms with Gasteiger partial charge in [0.05, 0.1) is 0 Å². The van der Waals surface area contributed by atoms with E-state index < -0.39 is 0 Å². The molecule has 0 bridgehead atoms. The average molecular weight is 288 g/mol. The molecule has 0 radical (unpaired) electrons. The minimum Gasteiger partial charge on any atom is -0.352 e. The molecule has 0 spiro atoms. The zero-order valence-electron chi connectivity index (χ0n) is 12.9. The highest BCUT2D eigenvalue weighted by molar-refractivity contribution is 5.98. The van der Waals surface area contributed by atoms with Crippen LogP contribution in [0, 0.1) is 13.8 Å². The van der Waals surface area contributed by atoms with Gasteiger partial charge in [0.25, 0.3) is 0 Å². The molecule has 1 atom stereocenters. The SMILES string of the molecule is Cc1ccc(C(=O)CCC(=O)N[C@H]2CCCNC2)cc1C. The van der Waals surface area contributed by atoms with E-state index >= 15 is 0 Å². The van der Waals surface area contributed by atoms with Gasteiger partial charge in [0.15, 0.2) is 5.78 Å². The molecule has 1 amide bonds. The summed E-state index contributed by atoms with van der Waals surface area (Å²) < 4.78 is 0. The molecule has 1 aromatic rings. The lowest BCUT2D eigenvalue weighted by molar-refractivity contribution is -0.121. The molecule has 1 fully saturated rings. The van der Waals surface area contributed by atoms with E-state index in [1.54, 1.807) is 0 Å². The molecular weight excluding hydrogens is 264 g/mol. The topological polar surface area (TPSA) is 58.2 Å². The number of carbonyl (C=O) groups is 2. The van der Waals surface area contributed by atoms with Crippen LogP contribution in [0.3, 0.4) is 0 Å². The Morgan fingerprint density at radius 1 is 1.24 bits per heavy atom. The van der Waals surface area contributed by atoms with Crippen LogP contribution in [0.2, 0.25) is 0 Å². The second kappa shape index (κ2) is 7.36. The second-order valence-electron chi connectivity index (χ2n) is 5.83. The highest BCUT2D eigenvalue weighted by atomic mass is 16.2. The predicted octanol–water partition coefficient (Wildman–Crippen LogP) is 2.13. The van der Waals surface area contributed by atoms with E-state index in [0.29, 0.717) is 5.56 Å². The van der Waals surface area contributed by atoms with Gasteiger partial charge < -0.3 is 10.6 Å². The Morgan fingerprint density at radius 3 is 2.71 bits per heavy atom. The van der Waals surface area contributed by atoms with Crippen molar-refractivity contribution in [1.29, 1.82) is 0 Å². The number of carbonyl (C=O) groups excluding carboxylic acids is 2. The van der Waals surface area contributed by atoms with Crippen molar-refractivity contribution < 1.29 is 9.59 Å². The molecule has 1 aromatic carbocycles. The van der Waals surface area contributed by atoms with Crippen molar-refractivity contribution in [2.75, 3.05) is 13.1 Å². The molecule has 4 nitrogen and oxygen atoms in total. The van der Waals surface area contributed by atoms with Crippen LogP contribution in [-0.2, 0) is 4.79 Å². The molecule has 0 aromatic heterocycles. The van der Waals surface area contributed by atoms with E-state index in [1.165, 1.54) is 5.56 Å². The minimum absolute atomic E-state index is 0.0270. The van der Waals surface area contributed by atoms with E-state index in [1.807, 2.05) is 32.0 Å². The van der Waals surface area contributed by atoms with E-state index in [0.717, 1.165) is 31.5 Å². The van der Waals surface area contributed by atoms with Crippen LogP contribution in [0.1, 0.15) is 47.2 Å². The summed E-state index contributed by atoms with van der Waals surface area (Å²) in [7, 11) is 0. The first-order chi connectivity index (χ1) is 10.1. The summed E-state index contributed by atoms with van der Waals surface area (Å²) in [5.74, 6) is 0.0101. The largest absolute Gasteiger partial charge is 0.352 e. The van der Waals surface area contributed by atoms with Crippen LogP contribution in [-0.4, -0.2) is 30.8 Å². The van der Waals surface area contributed by atoms with Gasteiger partial charge in [-0.25, -0.2) is 0 Å². The Bertz CT molecular complexity index is 520. The highest BCUT2D eigenvalue weighted by Gasteiger charge is 2.16. The van der Waals surface area contributed by atoms with Crippen LogP contribution >= 0.6 is 0 Å². The average Bonchev–Trinajstić information content (AvgIpc) is 2.48. The molecule has 2 N–H and O–H groups in total. The van der Waals surface area contributed by atoms with Crippen LogP contribution in [0.4, 0.5) is 0 Å². The number of Topliss-reactive ketones (excluding diaryl/α,β-unsaturated/α-hetero) is 1. The van der Waals surface area contributed by atoms with E-state index in [2.05, 4.69) is 10.6 Å². The molecule has 0 unspecified atom stereocenters. The molecule has 1 heterocycles. The van der Waals surface area contributed by atoms with Crippen molar-refractivity contribution in [3.63, 3.8) is 0 Å². The maximum absolute atomic E-state index is 12.1. The number of piperidine rings is 1. The normalized spacial score (nSPS) is 18.3. The van der Waals surface area contributed by atoms with Gasteiger partial charge in [0.2, 0.25) is 5.91 Å². The van der Waals surface area contributed by atoms with Crippen molar-refractivity contribution in [1.82, 2.24) is 10.6 Å². The lowest BCUT2D eigenvalue weighted by atomic mass is 10.0. The van der Waals surface area contributed by atoms with Crippen LogP contribution in [0.15, 0.2) is 18.2 Å². The number of aryl methyl sites for hydroxylation is 2. The Morgan fingerprint density at radius 2 is 2.05 bits per heavy atom. The highest BCUT2D eigenvalue weighted by Crippen LogP contribution is 2.12. The van der Waals surface area contributed by atoms with Gasteiger partial charge in [0.1, 0.15) is 0 Å². The van der Waals surface area contributed by atoms with Crippen molar-refractivity contribution >= 4 is 11.7 Å². The lowest BCUT2D eigenvalue weighted by Crippen LogP contribution is -2.45. The second-order valence-corrected chi connectivity index (χ2v) is 5.83. The minimum atomic E-state index is -0.0270. The Labute approximate surface area is 126 Å². The molecule has 0 saturated carbocycles. The van der Waals surface area contributed by atoms with E-state index in [-0.39, 0.29) is 30.6 Å². The molecule has 1 saturated heterocycles. The summed E-state index contributed by atoms with van der Waals surface area (Å²) in [6.07, 6.45) is 2.65. The molecular formula is C17H24N2O2. The quantitative estimate of drug-likeness (QED) is 0.816. The Balaban J connectivity index is 1.80. The first-order valence-electron chi connectivity index (χ1n) is 7.67. The van der Waals surface area contributed by atoms with Crippen molar-refractivity contribution in [3.05, 3.63) is 34.9 Å². The molecule has 21 heavy (non-hydrogen) atoms. The number of nitrogens with one attached hydrogen (secondary N) is 2. The zero-order valence-corrected chi connectivity index (χ0v) is 12.9. The molecule has 1 aliphatic heterocycles. The van der Waals surface area contributed by atoms with Crippen LogP contribution in [0.5, 0.6) is 0 Å². The number of amides is 1. The summed E-state index contributed by atoms with van der Waals surface area (Å²) in [5.41, 5.74) is 2.98. The summed E-state index contributed by atoms with van der Waals surface area (Å²) >= 11 is 0. The lowest BCUT2D eigenvalue weighted by Gasteiger charge is -2.23. The van der Waals surface area contributed by atoms with Crippen molar-refractivity contribution in [2.24, 2.45) is 0 Å². The fourth-order valence-electron chi connectivity index (χ4n) is 2.56. The number of hydrogen-bond acceptors (Lipinski definition) is 3. The molecule has 4 heteroatoms. The summed E-state index contributed by atoms with van der Waals surface area (Å²) in [4.78, 5) is 24.0. The maximum atomic E-state index is 12.1. The fourth-order valence-corrected chi connectivity index (χ4v) is 2.56. The van der Waals surface area contributed by atoms with Gasteiger partial charge in [-0.3, -0.25) is 9.59 Å². The van der Waals surface area contributed by atoms with Gasteiger partial charge in [-0.2, -0.15) is 0 Å². The fraction of sp³-hybridized carbons (Fsp3) is 0.529. The van der Waals surface area contributed by atoms with E-state index in [4.69, 9.17) is 0 Å². The van der Waals surface area contributed by atoms with E-state index in [9.17, 15) is 9.59 Å². The number of benzene rings is 1. The van der Waals surface area contributed by atoms with Crippen LogP contribution in [0.25, 0.3) is 0 Å². The Hall–Kier alpha value is -1.68. The molecule has 114 valence electrons.